The summed E-state index contributed by atoms with van der Waals surface area (Å²) in [6, 6.07) is 3.03. The zero-order valence-corrected chi connectivity index (χ0v) is 24.7. The van der Waals surface area contributed by atoms with Crippen molar-refractivity contribution in [1.29, 1.82) is 0 Å². The van der Waals surface area contributed by atoms with Gasteiger partial charge in [0.2, 0.25) is 0 Å². The van der Waals surface area contributed by atoms with Gasteiger partial charge in [0.25, 0.3) is 5.91 Å². The van der Waals surface area contributed by atoms with Gasteiger partial charge in [-0.15, -0.1) is 0 Å². The molecule has 0 bridgehead atoms. The normalized spacial score (nSPS) is 18.2. The zero-order valence-electron chi connectivity index (χ0n) is 23.9. The molecule has 2 fully saturated rings. The maximum absolute atomic E-state index is 14.9. The second-order valence-electron chi connectivity index (χ2n) is 12.3. The number of pyridine rings is 1. The van der Waals surface area contributed by atoms with Gasteiger partial charge in [-0.1, -0.05) is 22.6 Å². The van der Waals surface area contributed by atoms with Crippen molar-refractivity contribution in [2.75, 3.05) is 18.0 Å². The number of rotatable bonds is 6. The second kappa shape index (κ2) is 9.76. The van der Waals surface area contributed by atoms with Crippen molar-refractivity contribution in [2.24, 2.45) is 5.41 Å². The van der Waals surface area contributed by atoms with Crippen molar-refractivity contribution >= 4 is 38.2 Å². The van der Waals surface area contributed by atoms with Crippen molar-refractivity contribution in [3.8, 4) is 11.3 Å². The molecule has 9 heteroatoms. The molecule has 4 aromatic rings. The van der Waals surface area contributed by atoms with E-state index >= 15 is 0 Å². The molecule has 0 atom stereocenters. The van der Waals surface area contributed by atoms with Crippen LogP contribution in [0.15, 0.2) is 35.1 Å². The number of carbonyl (C=O) groups is 1. The van der Waals surface area contributed by atoms with Gasteiger partial charge in [0.1, 0.15) is 17.0 Å². The number of nitrogens with zero attached hydrogens (tertiary/aromatic N) is 4. The Morgan fingerprint density at radius 2 is 1.85 bits per heavy atom. The number of anilines is 1. The number of benzene rings is 1. The van der Waals surface area contributed by atoms with Crippen LogP contribution in [-0.4, -0.2) is 40.2 Å². The van der Waals surface area contributed by atoms with E-state index in [4.69, 9.17) is 4.52 Å². The summed E-state index contributed by atoms with van der Waals surface area (Å²) in [6.07, 6.45) is 11.6. The van der Waals surface area contributed by atoms with E-state index < -0.39 is 5.82 Å². The molecule has 1 aromatic carbocycles. The molecule has 41 heavy (non-hydrogen) atoms. The molecular formula is C32H34FN5O2S. The minimum Gasteiger partial charge on any atom is -0.360 e. The molecule has 1 amide bonds. The molecule has 1 spiro atoms. The third kappa shape index (κ3) is 4.64. The Morgan fingerprint density at radius 1 is 1.15 bits per heavy atom. The molecule has 1 aliphatic heterocycles. The lowest BCUT2D eigenvalue weighted by molar-refractivity contribution is 0.0943. The van der Waals surface area contributed by atoms with E-state index in [2.05, 4.69) is 45.3 Å². The number of aromatic nitrogens is 3. The molecule has 2 aliphatic carbocycles. The highest BCUT2D eigenvalue weighted by Gasteiger charge is 2.44. The first-order valence-electron chi connectivity index (χ1n) is 14.5. The first-order valence-corrected chi connectivity index (χ1v) is 15.3. The molecule has 0 radical (unpaired) electrons. The molecule has 3 aromatic heterocycles. The number of fused-ring (bicyclic) bond motifs is 1. The molecule has 0 unspecified atom stereocenters. The third-order valence-corrected chi connectivity index (χ3v) is 9.78. The fourth-order valence-corrected chi connectivity index (χ4v) is 7.49. The van der Waals surface area contributed by atoms with Gasteiger partial charge >= 0.3 is 0 Å². The number of aryl methyl sites for hydroxylation is 2. The number of piperidine rings is 1. The van der Waals surface area contributed by atoms with Crippen LogP contribution in [0.3, 0.4) is 0 Å². The Hall–Kier alpha value is -3.59. The van der Waals surface area contributed by atoms with E-state index in [9.17, 15) is 9.18 Å². The molecule has 212 valence electrons. The van der Waals surface area contributed by atoms with Gasteiger partial charge in [0.05, 0.1) is 4.70 Å². The van der Waals surface area contributed by atoms with E-state index in [-0.39, 0.29) is 17.4 Å². The highest BCUT2D eigenvalue weighted by atomic mass is 32.1. The minimum absolute atomic E-state index is 0.0134. The van der Waals surface area contributed by atoms with Crippen LogP contribution in [0.1, 0.15) is 84.7 Å². The molecule has 1 saturated carbocycles. The smallest absolute Gasteiger partial charge is 0.251 e. The first kappa shape index (κ1) is 26.3. The predicted octanol–water partition coefficient (Wildman–Crippen LogP) is 7.19. The average molecular weight is 572 g/mol. The molecule has 7 nitrogen and oxygen atoms in total. The van der Waals surface area contributed by atoms with E-state index in [1.807, 2.05) is 26.2 Å². The highest BCUT2D eigenvalue weighted by Crippen LogP contribution is 2.56. The van der Waals surface area contributed by atoms with E-state index in [0.29, 0.717) is 21.7 Å². The molecule has 7 rings (SSSR count). The summed E-state index contributed by atoms with van der Waals surface area (Å²) < 4.78 is 21.6. The number of hydrogen-bond acceptors (Lipinski definition) is 7. The molecule has 1 N–H and O–H groups in total. The van der Waals surface area contributed by atoms with Gasteiger partial charge in [-0.2, -0.15) is 0 Å². The Bertz CT molecular complexity index is 1690. The Labute approximate surface area is 242 Å². The van der Waals surface area contributed by atoms with Gasteiger partial charge < -0.3 is 14.7 Å². The van der Waals surface area contributed by atoms with Crippen molar-refractivity contribution in [2.45, 2.75) is 71.8 Å². The van der Waals surface area contributed by atoms with Crippen LogP contribution in [-0.2, 0) is 0 Å². The SMILES string of the molecule is Cc1cncc(C)c1-c1noc(C2CC2)c1C1=CC2(CCN(c3nc4c(F)cc(C(=O)NC(C)C)cc4s3)CC2)C1. The number of halogens is 1. The molecule has 4 heterocycles. The van der Waals surface area contributed by atoms with Crippen molar-refractivity contribution < 1.29 is 13.7 Å². The minimum atomic E-state index is -0.449. The standard InChI is InChI=1S/C32H34FN5O2S/c1-17(2)35-30(39)21-11-23(33)27-24(12-21)41-31(36-27)38-9-7-32(8-10-38)13-22(14-32)26-28(37-40-29(26)20-5-6-20)25-18(3)15-34-16-19(25)4/h11-13,15-17,20H,5-10,14H2,1-4H3,(H,35,39). The van der Waals surface area contributed by atoms with Crippen LogP contribution in [0.25, 0.3) is 27.0 Å². The lowest BCUT2D eigenvalue weighted by atomic mass is 9.63. The summed E-state index contributed by atoms with van der Waals surface area (Å²) in [5.41, 5.74) is 7.71. The van der Waals surface area contributed by atoms with Crippen LogP contribution in [0.2, 0.25) is 0 Å². The fourth-order valence-electron chi connectivity index (χ4n) is 6.42. The highest BCUT2D eigenvalue weighted by molar-refractivity contribution is 7.22. The number of allylic oxidation sites excluding steroid dienone is 2. The van der Waals surface area contributed by atoms with Crippen molar-refractivity contribution in [1.82, 2.24) is 20.4 Å². The van der Waals surface area contributed by atoms with E-state index in [0.717, 1.165) is 78.5 Å². The largest absolute Gasteiger partial charge is 0.360 e. The zero-order chi connectivity index (χ0) is 28.5. The number of hydrogen-bond donors (Lipinski definition) is 1. The molecule has 3 aliphatic rings. The van der Waals surface area contributed by atoms with Gasteiger partial charge in [-0.05, 0) is 94.0 Å². The predicted molar refractivity (Wildman–Crippen MR) is 160 cm³/mol. The van der Waals surface area contributed by atoms with Crippen LogP contribution in [0, 0.1) is 25.1 Å². The van der Waals surface area contributed by atoms with Crippen LogP contribution in [0.4, 0.5) is 9.52 Å². The van der Waals surface area contributed by atoms with E-state index in [1.54, 1.807) is 6.07 Å². The summed E-state index contributed by atoms with van der Waals surface area (Å²) >= 11 is 1.46. The average Bonchev–Trinajstić information content (AvgIpc) is 3.52. The lowest BCUT2D eigenvalue weighted by Crippen LogP contribution is -2.42. The second-order valence-corrected chi connectivity index (χ2v) is 13.3. The quantitative estimate of drug-likeness (QED) is 0.264. The Kier molecular flexibility index (Phi) is 6.26. The monoisotopic (exact) mass is 571 g/mol. The number of thiazole rings is 1. The molecule has 1 saturated heterocycles. The fraction of sp³-hybridized carbons (Fsp3) is 0.438. The van der Waals surface area contributed by atoms with Gasteiger partial charge in [0, 0.05) is 54.1 Å². The maximum atomic E-state index is 14.9. The first-order chi connectivity index (χ1) is 19.7. The van der Waals surface area contributed by atoms with Crippen LogP contribution >= 0.6 is 11.3 Å². The van der Waals surface area contributed by atoms with Gasteiger partial charge in [-0.3, -0.25) is 9.78 Å². The lowest BCUT2D eigenvalue weighted by Gasteiger charge is -2.46. The number of nitrogens with one attached hydrogen (secondary N) is 1. The van der Waals surface area contributed by atoms with Gasteiger partial charge in [0.15, 0.2) is 10.9 Å². The summed E-state index contributed by atoms with van der Waals surface area (Å²) in [4.78, 5) is 23.7. The van der Waals surface area contributed by atoms with Crippen LogP contribution < -0.4 is 10.2 Å². The topological polar surface area (TPSA) is 84.2 Å². The Morgan fingerprint density at radius 3 is 2.51 bits per heavy atom. The summed E-state index contributed by atoms with van der Waals surface area (Å²) in [5.74, 6) is 0.810. The van der Waals surface area contributed by atoms with Crippen molar-refractivity contribution in [3.05, 3.63) is 64.4 Å². The third-order valence-electron chi connectivity index (χ3n) is 8.72. The van der Waals surface area contributed by atoms with Gasteiger partial charge in [-0.25, -0.2) is 9.37 Å². The van der Waals surface area contributed by atoms with Crippen LogP contribution in [0.5, 0.6) is 0 Å². The summed E-state index contributed by atoms with van der Waals surface area (Å²) in [7, 11) is 0. The number of carbonyl (C=O) groups excluding carboxylic acids is 1. The molecular weight excluding hydrogens is 537 g/mol. The summed E-state index contributed by atoms with van der Waals surface area (Å²) in [5, 5.41) is 8.26. The Balaban J connectivity index is 1.11. The maximum Gasteiger partial charge on any atom is 0.251 e. The summed E-state index contributed by atoms with van der Waals surface area (Å²) in [6.45, 7) is 9.68. The number of amides is 1. The van der Waals surface area contributed by atoms with Crippen molar-refractivity contribution in [3.63, 3.8) is 0 Å². The van der Waals surface area contributed by atoms with E-state index in [1.165, 1.54) is 28.5 Å².